The molecular formula is C19H22ClNO3. The van der Waals surface area contributed by atoms with Gasteiger partial charge in [0.1, 0.15) is 11.5 Å². The number of carbonyl (C=O) groups is 1. The lowest BCUT2D eigenvalue weighted by atomic mass is 10.1. The molecule has 2 aromatic rings. The van der Waals surface area contributed by atoms with E-state index < -0.39 is 6.10 Å². The normalized spacial score (nSPS) is 11.6. The van der Waals surface area contributed by atoms with Crippen LogP contribution in [0.25, 0.3) is 0 Å². The van der Waals surface area contributed by atoms with Crippen molar-refractivity contribution < 1.29 is 14.3 Å². The van der Waals surface area contributed by atoms with Crippen LogP contribution in [0.4, 0.5) is 0 Å². The van der Waals surface area contributed by atoms with Gasteiger partial charge in [-0.05, 0) is 42.7 Å². The van der Waals surface area contributed by atoms with Crippen molar-refractivity contribution in [2.45, 2.75) is 25.9 Å². The topological polar surface area (TPSA) is 47.6 Å². The van der Waals surface area contributed by atoms with Gasteiger partial charge in [-0.25, -0.2) is 0 Å². The Bertz CT molecular complexity index is 658. The van der Waals surface area contributed by atoms with Gasteiger partial charge >= 0.3 is 0 Å². The molecule has 0 heterocycles. The monoisotopic (exact) mass is 347 g/mol. The molecule has 0 aromatic heterocycles. The first kappa shape index (κ1) is 18.1. The van der Waals surface area contributed by atoms with Crippen LogP contribution >= 0.6 is 11.6 Å². The first-order chi connectivity index (χ1) is 11.6. The van der Waals surface area contributed by atoms with Crippen LogP contribution in [-0.2, 0) is 11.2 Å². The highest BCUT2D eigenvalue weighted by Crippen LogP contribution is 2.20. The van der Waals surface area contributed by atoms with Crippen LogP contribution in [-0.4, -0.2) is 25.7 Å². The molecule has 0 radical (unpaired) electrons. The van der Waals surface area contributed by atoms with Crippen LogP contribution in [0.3, 0.4) is 0 Å². The Morgan fingerprint density at radius 1 is 1.17 bits per heavy atom. The Labute approximate surface area is 147 Å². The number of nitrogens with one attached hydrogen (secondary N) is 1. The van der Waals surface area contributed by atoms with E-state index in [1.807, 2.05) is 49.4 Å². The number of ether oxygens (including phenoxy) is 2. The fraction of sp³-hybridized carbons (Fsp3) is 0.316. The summed E-state index contributed by atoms with van der Waals surface area (Å²) in [5.74, 6) is 1.20. The number of benzene rings is 2. The van der Waals surface area contributed by atoms with E-state index in [0.29, 0.717) is 29.5 Å². The summed E-state index contributed by atoms with van der Waals surface area (Å²) in [6, 6.07) is 14.9. The molecule has 1 amide bonds. The summed E-state index contributed by atoms with van der Waals surface area (Å²) in [6.45, 7) is 2.47. The minimum absolute atomic E-state index is 0.116. The molecule has 5 heteroatoms. The van der Waals surface area contributed by atoms with E-state index in [1.165, 1.54) is 0 Å². The van der Waals surface area contributed by atoms with Crippen molar-refractivity contribution in [1.29, 1.82) is 0 Å². The second-order valence-electron chi connectivity index (χ2n) is 5.36. The van der Waals surface area contributed by atoms with Gasteiger partial charge in [0.15, 0.2) is 6.10 Å². The molecule has 0 spiro atoms. The molecule has 0 bridgehead atoms. The van der Waals surface area contributed by atoms with Crippen LogP contribution in [0.2, 0.25) is 5.02 Å². The van der Waals surface area contributed by atoms with Crippen molar-refractivity contribution in [2.24, 2.45) is 0 Å². The quantitative estimate of drug-likeness (QED) is 0.788. The standard InChI is InChI=1S/C19H22ClNO3/c1-3-18(24-17-6-4-5-16(13-17)23-2)19(22)21-12-11-14-7-9-15(20)10-8-14/h4-10,13,18H,3,11-12H2,1-2H3,(H,21,22). The highest BCUT2D eigenvalue weighted by Gasteiger charge is 2.18. The highest BCUT2D eigenvalue weighted by atomic mass is 35.5. The van der Waals surface area contributed by atoms with Gasteiger partial charge < -0.3 is 14.8 Å². The molecule has 4 nitrogen and oxygen atoms in total. The van der Waals surface area contributed by atoms with Gasteiger partial charge in [-0.2, -0.15) is 0 Å². The second kappa shape index (κ2) is 9.18. The summed E-state index contributed by atoms with van der Waals surface area (Å²) in [5.41, 5.74) is 1.13. The minimum atomic E-state index is -0.526. The van der Waals surface area contributed by atoms with Gasteiger partial charge in [0.05, 0.1) is 7.11 Å². The molecule has 24 heavy (non-hydrogen) atoms. The first-order valence-corrected chi connectivity index (χ1v) is 8.33. The Morgan fingerprint density at radius 2 is 1.88 bits per heavy atom. The fourth-order valence-corrected chi connectivity index (χ4v) is 2.38. The van der Waals surface area contributed by atoms with Crippen LogP contribution in [0.15, 0.2) is 48.5 Å². The molecule has 1 atom stereocenters. The third-order valence-electron chi connectivity index (χ3n) is 3.61. The molecule has 0 fully saturated rings. The van der Waals surface area contributed by atoms with Crippen LogP contribution in [0.5, 0.6) is 11.5 Å². The number of carbonyl (C=O) groups excluding carboxylic acids is 1. The predicted octanol–water partition coefficient (Wildman–Crippen LogP) is 3.86. The summed E-state index contributed by atoms with van der Waals surface area (Å²) in [4.78, 5) is 12.3. The zero-order valence-corrected chi connectivity index (χ0v) is 14.7. The summed E-state index contributed by atoms with van der Waals surface area (Å²) in [6.07, 6.45) is 0.810. The molecule has 2 rings (SSSR count). The summed E-state index contributed by atoms with van der Waals surface area (Å²) < 4.78 is 10.9. The van der Waals surface area contributed by atoms with Crippen molar-refractivity contribution in [1.82, 2.24) is 5.32 Å². The number of methoxy groups -OCH3 is 1. The molecule has 0 aliphatic rings. The first-order valence-electron chi connectivity index (χ1n) is 7.95. The summed E-state index contributed by atoms with van der Waals surface area (Å²) in [5, 5.41) is 3.63. The molecule has 1 unspecified atom stereocenters. The van der Waals surface area contributed by atoms with E-state index in [9.17, 15) is 4.79 Å². The maximum Gasteiger partial charge on any atom is 0.261 e. The summed E-state index contributed by atoms with van der Waals surface area (Å²) >= 11 is 5.86. The lowest BCUT2D eigenvalue weighted by Crippen LogP contribution is -2.38. The number of halogens is 1. The van der Waals surface area contributed by atoms with Gasteiger partial charge in [0, 0.05) is 17.6 Å². The largest absolute Gasteiger partial charge is 0.497 e. The molecule has 128 valence electrons. The average molecular weight is 348 g/mol. The van der Waals surface area contributed by atoms with Crippen LogP contribution in [0.1, 0.15) is 18.9 Å². The van der Waals surface area contributed by atoms with E-state index in [0.717, 1.165) is 12.0 Å². The second-order valence-corrected chi connectivity index (χ2v) is 5.80. The average Bonchev–Trinajstić information content (AvgIpc) is 2.61. The molecule has 0 aliphatic heterocycles. The van der Waals surface area contributed by atoms with Crippen molar-refractivity contribution in [2.75, 3.05) is 13.7 Å². The van der Waals surface area contributed by atoms with Crippen molar-refractivity contribution in [3.63, 3.8) is 0 Å². The number of amides is 1. The third kappa shape index (κ3) is 5.46. The zero-order valence-electron chi connectivity index (χ0n) is 13.9. The Morgan fingerprint density at radius 3 is 2.54 bits per heavy atom. The van der Waals surface area contributed by atoms with E-state index in [4.69, 9.17) is 21.1 Å². The smallest absolute Gasteiger partial charge is 0.261 e. The molecule has 2 aromatic carbocycles. The number of hydrogen-bond donors (Lipinski definition) is 1. The van der Waals surface area contributed by atoms with Crippen molar-refractivity contribution >= 4 is 17.5 Å². The van der Waals surface area contributed by atoms with E-state index in [2.05, 4.69) is 5.32 Å². The van der Waals surface area contributed by atoms with Gasteiger partial charge in [-0.1, -0.05) is 36.7 Å². The predicted molar refractivity (Wildman–Crippen MR) is 95.9 cm³/mol. The molecule has 0 aliphatic carbocycles. The van der Waals surface area contributed by atoms with E-state index in [-0.39, 0.29) is 5.91 Å². The SMILES string of the molecule is CCC(Oc1cccc(OC)c1)C(=O)NCCc1ccc(Cl)cc1. The lowest BCUT2D eigenvalue weighted by Gasteiger charge is -2.17. The van der Waals surface area contributed by atoms with Crippen LogP contribution in [0, 0.1) is 0 Å². The van der Waals surface area contributed by atoms with E-state index >= 15 is 0 Å². The van der Waals surface area contributed by atoms with Crippen molar-refractivity contribution in [3.8, 4) is 11.5 Å². The Kier molecular flexibility index (Phi) is 6.94. The molecular weight excluding hydrogens is 326 g/mol. The molecule has 1 N–H and O–H groups in total. The minimum Gasteiger partial charge on any atom is -0.497 e. The number of rotatable bonds is 8. The van der Waals surface area contributed by atoms with Gasteiger partial charge in [0.2, 0.25) is 0 Å². The molecule has 0 saturated carbocycles. The maximum absolute atomic E-state index is 12.3. The van der Waals surface area contributed by atoms with Crippen molar-refractivity contribution in [3.05, 3.63) is 59.1 Å². The third-order valence-corrected chi connectivity index (χ3v) is 3.86. The molecule has 0 saturated heterocycles. The Hall–Kier alpha value is -2.20. The zero-order chi connectivity index (χ0) is 17.4. The van der Waals surface area contributed by atoms with Gasteiger partial charge in [0.25, 0.3) is 5.91 Å². The summed E-state index contributed by atoms with van der Waals surface area (Å²) in [7, 11) is 1.60. The maximum atomic E-state index is 12.3. The fourth-order valence-electron chi connectivity index (χ4n) is 2.26. The van der Waals surface area contributed by atoms with Gasteiger partial charge in [-0.15, -0.1) is 0 Å². The van der Waals surface area contributed by atoms with E-state index in [1.54, 1.807) is 13.2 Å². The van der Waals surface area contributed by atoms with Gasteiger partial charge in [-0.3, -0.25) is 4.79 Å². The number of hydrogen-bond acceptors (Lipinski definition) is 3. The highest BCUT2D eigenvalue weighted by molar-refractivity contribution is 6.30. The lowest BCUT2D eigenvalue weighted by molar-refractivity contribution is -0.128. The Balaban J connectivity index is 1.85. The van der Waals surface area contributed by atoms with Crippen LogP contribution < -0.4 is 14.8 Å².